The molecule has 3 nitrogen and oxygen atoms in total. The van der Waals surface area contributed by atoms with Crippen LogP contribution < -0.4 is 0 Å². The van der Waals surface area contributed by atoms with E-state index in [0.29, 0.717) is 22.6 Å². The van der Waals surface area contributed by atoms with Crippen molar-refractivity contribution >= 4 is 0 Å². The van der Waals surface area contributed by atoms with E-state index in [0.717, 1.165) is 18.7 Å². The van der Waals surface area contributed by atoms with Gasteiger partial charge in [-0.1, -0.05) is 0 Å². The van der Waals surface area contributed by atoms with E-state index in [4.69, 9.17) is 5.11 Å². The third-order valence-corrected chi connectivity index (χ3v) is 2.92. The summed E-state index contributed by atoms with van der Waals surface area (Å²) in [7, 11) is 0. The van der Waals surface area contributed by atoms with Gasteiger partial charge in [0.2, 0.25) is 0 Å². The lowest BCUT2D eigenvalue weighted by molar-refractivity contribution is -0.137. The van der Waals surface area contributed by atoms with Crippen LogP contribution in [0.4, 0.5) is 13.2 Å². The van der Waals surface area contributed by atoms with E-state index in [1.165, 1.54) is 16.8 Å². The summed E-state index contributed by atoms with van der Waals surface area (Å²) in [5, 5.41) is 13.3. The fourth-order valence-electron chi connectivity index (χ4n) is 1.88. The molecule has 0 atom stereocenters. The van der Waals surface area contributed by atoms with Gasteiger partial charge < -0.3 is 5.11 Å². The van der Waals surface area contributed by atoms with Crippen molar-refractivity contribution in [3.63, 3.8) is 0 Å². The molecule has 0 saturated carbocycles. The van der Waals surface area contributed by atoms with Gasteiger partial charge in [0, 0.05) is 11.3 Å². The molecule has 0 bridgehead atoms. The topological polar surface area (TPSA) is 38.0 Å². The highest BCUT2D eigenvalue weighted by Crippen LogP contribution is 2.30. The summed E-state index contributed by atoms with van der Waals surface area (Å²) in [5.41, 5.74) is 1.66. The van der Waals surface area contributed by atoms with Gasteiger partial charge in [-0.15, -0.1) is 0 Å². The molecule has 1 aromatic carbocycles. The predicted octanol–water partition coefficient (Wildman–Crippen LogP) is 3.39. The van der Waals surface area contributed by atoms with Crippen molar-refractivity contribution in [3.8, 4) is 5.69 Å². The molecular formula is C13H12F3N2O. The Kier molecular flexibility index (Phi) is 3.36. The Morgan fingerprint density at radius 2 is 1.74 bits per heavy atom. The van der Waals surface area contributed by atoms with E-state index in [1.54, 1.807) is 13.8 Å². The van der Waals surface area contributed by atoms with Gasteiger partial charge in [0.1, 0.15) is 6.61 Å². The van der Waals surface area contributed by atoms with Crippen molar-refractivity contribution in [2.75, 3.05) is 0 Å². The minimum atomic E-state index is -4.35. The van der Waals surface area contributed by atoms with Crippen molar-refractivity contribution in [2.24, 2.45) is 0 Å². The predicted molar refractivity (Wildman–Crippen MR) is 63.4 cm³/mol. The lowest BCUT2D eigenvalue weighted by Crippen LogP contribution is -2.06. The minimum Gasteiger partial charge on any atom is -0.385 e. The minimum absolute atomic E-state index is 0.515. The van der Waals surface area contributed by atoms with Crippen LogP contribution in [0.5, 0.6) is 0 Å². The van der Waals surface area contributed by atoms with E-state index < -0.39 is 11.7 Å². The van der Waals surface area contributed by atoms with Crippen LogP contribution in [0.2, 0.25) is 0 Å². The maximum absolute atomic E-state index is 12.5. The number of benzene rings is 1. The number of aryl methyl sites for hydroxylation is 1. The first-order chi connectivity index (χ1) is 8.84. The van der Waals surface area contributed by atoms with E-state index in [-0.39, 0.29) is 0 Å². The summed E-state index contributed by atoms with van der Waals surface area (Å²) in [6.45, 7) is 4.40. The molecular weight excluding hydrogens is 257 g/mol. The van der Waals surface area contributed by atoms with E-state index in [9.17, 15) is 13.2 Å². The molecule has 0 saturated heterocycles. The summed E-state index contributed by atoms with van der Waals surface area (Å²) >= 11 is 0. The van der Waals surface area contributed by atoms with Gasteiger partial charge in [0.25, 0.3) is 0 Å². The number of aliphatic hydroxyl groups is 1. The Hall–Kier alpha value is -1.82. The molecule has 1 aromatic heterocycles. The van der Waals surface area contributed by atoms with Crippen molar-refractivity contribution in [2.45, 2.75) is 20.0 Å². The highest BCUT2D eigenvalue weighted by atomic mass is 19.4. The van der Waals surface area contributed by atoms with Gasteiger partial charge in [0.15, 0.2) is 0 Å². The zero-order valence-corrected chi connectivity index (χ0v) is 10.4. The maximum Gasteiger partial charge on any atom is 0.416 e. The summed E-state index contributed by atoms with van der Waals surface area (Å²) in [4.78, 5) is 0. The molecule has 0 fully saturated rings. The quantitative estimate of drug-likeness (QED) is 0.907. The third-order valence-electron chi connectivity index (χ3n) is 2.92. The SMILES string of the molecule is Cc1nn(-c2ccc(C(F)(F)F)cc2)c(C)c1[CH]O. The lowest BCUT2D eigenvalue weighted by atomic mass is 10.2. The summed E-state index contributed by atoms with van der Waals surface area (Å²) in [5.74, 6) is 0. The van der Waals surface area contributed by atoms with Crippen molar-refractivity contribution in [3.05, 3.63) is 53.4 Å². The summed E-state index contributed by atoms with van der Waals surface area (Å²) in [6, 6.07) is 4.72. The molecule has 6 heteroatoms. The fourth-order valence-corrected chi connectivity index (χ4v) is 1.88. The number of hydrogen-bond acceptors (Lipinski definition) is 2. The van der Waals surface area contributed by atoms with Crippen LogP contribution in [-0.2, 0) is 6.18 Å². The molecule has 2 rings (SSSR count). The van der Waals surface area contributed by atoms with Crippen LogP contribution in [0.15, 0.2) is 24.3 Å². The number of aromatic nitrogens is 2. The van der Waals surface area contributed by atoms with Gasteiger partial charge in [-0.2, -0.15) is 18.3 Å². The van der Waals surface area contributed by atoms with Crippen LogP contribution >= 0.6 is 0 Å². The summed E-state index contributed by atoms with van der Waals surface area (Å²) < 4.78 is 38.9. The van der Waals surface area contributed by atoms with Gasteiger partial charge >= 0.3 is 6.18 Å². The molecule has 0 aliphatic carbocycles. The van der Waals surface area contributed by atoms with Crippen LogP contribution in [0.25, 0.3) is 5.69 Å². The third kappa shape index (κ3) is 2.49. The molecule has 0 aliphatic heterocycles. The largest absolute Gasteiger partial charge is 0.416 e. The molecule has 101 valence electrons. The van der Waals surface area contributed by atoms with E-state index in [2.05, 4.69) is 5.10 Å². The molecule has 1 heterocycles. The Bertz CT molecular complexity index is 585. The Morgan fingerprint density at radius 1 is 1.16 bits per heavy atom. The first-order valence-electron chi connectivity index (χ1n) is 5.56. The van der Waals surface area contributed by atoms with Gasteiger partial charge in [-0.3, -0.25) is 0 Å². The van der Waals surface area contributed by atoms with Crippen LogP contribution in [-0.4, -0.2) is 14.9 Å². The number of hydrogen-bond donors (Lipinski definition) is 1. The second-order valence-corrected chi connectivity index (χ2v) is 4.17. The highest BCUT2D eigenvalue weighted by molar-refractivity contribution is 5.40. The second kappa shape index (κ2) is 4.70. The van der Waals surface area contributed by atoms with Gasteiger partial charge in [-0.05, 0) is 38.1 Å². The Morgan fingerprint density at radius 3 is 2.16 bits per heavy atom. The smallest absolute Gasteiger partial charge is 0.385 e. The zero-order valence-electron chi connectivity index (χ0n) is 10.4. The number of nitrogens with zero attached hydrogens (tertiary/aromatic N) is 2. The summed E-state index contributed by atoms with van der Waals surface area (Å²) in [6.07, 6.45) is -4.35. The standard InChI is InChI=1S/C13H12F3N2O/c1-8-12(7-19)9(2)18(17-8)11-5-3-10(4-6-11)13(14,15)16/h3-7,19H,1-2H3. The van der Waals surface area contributed by atoms with Crippen LogP contribution in [0, 0.1) is 20.5 Å². The van der Waals surface area contributed by atoms with Crippen molar-refractivity contribution in [1.82, 2.24) is 9.78 Å². The van der Waals surface area contributed by atoms with E-state index in [1.807, 2.05) is 0 Å². The molecule has 0 spiro atoms. The molecule has 0 amide bonds. The average Bonchev–Trinajstić information content (AvgIpc) is 2.63. The molecule has 0 unspecified atom stereocenters. The molecule has 2 aromatic rings. The van der Waals surface area contributed by atoms with Gasteiger partial charge in [0.05, 0.1) is 16.9 Å². The fraction of sp³-hybridized carbons (Fsp3) is 0.231. The van der Waals surface area contributed by atoms with Gasteiger partial charge in [-0.25, -0.2) is 4.68 Å². The Labute approximate surface area is 108 Å². The maximum atomic E-state index is 12.5. The zero-order chi connectivity index (χ0) is 14.2. The molecule has 0 aliphatic rings. The highest BCUT2D eigenvalue weighted by Gasteiger charge is 2.30. The number of alkyl halides is 3. The first-order valence-corrected chi connectivity index (χ1v) is 5.56. The monoisotopic (exact) mass is 269 g/mol. The Balaban J connectivity index is 2.43. The number of rotatable bonds is 2. The van der Waals surface area contributed by atoms with Crippen LogP contribution in [0.1, 0.15) is 22.5 Å². The number of aliphatic hydroxyl groups excluding tert-OH is 1. The molecule has 1 N–H and O–H groups in total. The number of halogens is 3. The second-order valence-electron chi connectivity index (χ2n) is 4.17. The van der Waals surface area contributed by atoms with Crippen molar-refractivity contribution in [1.29, 1.82) is 0 Å². The first kappa shape index (κ1) is 13.6. The van der Waals surface area contributed by atoms with Crippen LogP contribution in [0.3, 0.4) is 0 Å². The van der Waals surface area contributed by atoms with E-state index >= 15 is 0 Å². The van der Waals surface area contributed by atoms with Crippen molar-refractivity contribution < 1.29 is 18.3 Å². The lowest BCUT2D eigenvalue weighted by Gasteiger charge is -2.09. The molecule has 1 radical (unpaired) electrons. The normalized spacial score (nSPS) is 11.9. The average molecular weight is 269 g/mol. The molecule has 19 heavy (non-hydrogen) atoms.